The van der Waals surface area contributed by atoms with Crippen molar-refractivity contribution in [1.29, 1.82) is 0 Å². The van der Waals surface area contributed by atoms with E-state index in [4.69, 9.17) is 20.3 Å². The van der Waals surface area contributed by atoms with Crippen LogP contribution in [-0.4, -0.2) is 46.0 Å². The first-order valence-electron chi connectivity index (χ1n) is 4.81. The van der Waals surface area contributed by atoms with Crippen molar-refractivity contribution in [3.8, 4) is 0 Å². The SMILES string of the molecule is NCC1COC(c2cn(CCO)nn2)O1. The third-order valence-corrected chi connectivity index (χ3v) is 2.14. The lowest BCUT2D eigenvalue weighted by atomic mass is 10.4. The van der Waals surface area contributed by atoms with Crippen molar-refractivity contribution < 1.29 is 14.6 Å². The Balaban J connectivity index is 1.97. The van der Waals surface area contributed by atoms with Crippen LogP contribution in [0.5, 0.6) is 0 Å². The number of hydrogen-bond acceptors (Lipinski definition) is 6. The van der Waals surface area contributed by atoms with Gasteiger partial charge in [0.1, 0.15) is 5.69 Å². The fourth-order valence-corrected chi connectivity index (χ4v) is 1.36. The van der Waals surface area contributed by atoms with E-state index in [0.29, 0.717) is 25.4 Å². The van der Waals surface area contributed by atoms with E-state index in [1.807, 2.05) is 0 Å². The summed E-state index contributed by atoms with van der Waals surface area (Å²) in [6.45, 7) is 1.36. The molecule has 7 nitrogen and oxygen atoms in total. The summed E-state index contributed by atoms with van der Waals surface area (Å²) in [5.74, 6) is 0. The second-order valence-electron chi connectivity index (χ2n) is 3.29. The first kappa shape index (κ1) is 10.5. The number of aliphatic hydroxyl groups excluding tert-OH is 1. The number of nitrogens with zero attached hydrogens (tertiary/aromatic N) is 3. The number of aromatic nitrogens is 3. The third kappa shape index (κ3) is 2.32. The summed E-state index contributed by atoms with van der Waals surface area (Å²) in [5, 5.41) is 16.4. The van der Waals surface area contributed by atoms with Gasteiger partial charge in [-0.1, -0.05) is 5.21 Å². The molecule has 0 amide bonds. The van der Waals surface area contributed by atoms with Crippen LogP contribution in [0.4, 0.5) is 0 Å². The maximum Gasteiger partial charge on any atom is 0.205 e. The van der Waals surface area contributed by atoms with E-state index in [9.17, 15) is 0 Å². The van der Waals surface area contributed by atoms with Crippen LogP contribution < -0.4 is 5.73 Å². The Morgan fingerprint density at radius 1 is 1.67 bits per heavy atom. The second kappa shape index (κ2) is 4.67. The zero-order chi connectivity index (χ0) is 10.7. The van der Waals surface area contributed by atoms with Gasteiger partial charge in [0.2, 0.25) is 6.29 Å². The van der Waals surface area contributed by atoms with Gasteiger partial charge in [-0.05, 0) is 0 Å². The molecule has 1 aromatic rings. The first-order chi connectivity index (χ1) is 7.33. The van der Waals surface area contributed by atoms with E-state index < -0.39 is 6.29 Å². The number of aliphatic hydroxyl groups is 1. The standard InChI is InChI=1S/C8H14N4O3/c9-3-6-5-14-8(15-6)7-4-12(1-2-13)11-10-7/h4,6,8,13H,1-3,5,9H2. The summed E-state index contributed by atoms with van der Waals surface area (Å²) in [6, 6.07) is 0. The van der Waals surface area contributed by atoms with Crippen LogP contribution in [0.25, 0.3) is 0 Å². The molecule has 0 aliphatic carbocycles. The molecule has 2 rings (SSSR count). The third-order valence-electron chi connectivity index (χ3n) is 2.14. The molecule has 2 heterocycles. The van der Waals surface area contributed by atoms with Crippen LogP contribution in [0.15, 0.2) is 6.20 Å². The maximum absolute atomic E-state index is 8.71. The molecule has 7 heteroatoms. The Bertz CT molecular complexity index is 317. The van der Waals surface area contributed by atoms with Crippen molar-refractivity contribution in [2.24, 2.45) is 5.73 Å². The Hall–Kier alpha value is -1.02. The highest BCUT2D eigenvalue weighted by molar-refractivity contribution is 4.96. The molecule has 0 radical (unpaired) electrons. The number of nitrogens with two attached hydrogens (primary N) is 1. The van der Waals surface area contributed by atoms with Crippen molar-refractivity contribution in [3.63, 3.8) is 0 Å². The molecule has 0 saturated carbocycles. The van der Waals surface area contributed by atoms with E-state index in [0.717, 1.165) is 0 Å². The number of rotatable bonds is 4. The van der Waals surface area contributed by atoms with E-state index in [1.165, 1.54) is 4.68 Å². The van der Waals surface area contributed by atoms with Crippen LogP contribution >= 0.6 is 0 Å². The van der Waals surface area contributed by atoms with Crippen molar-refractivity contribution in [1.82, 2.24) is 15.0 Å². The zero-order valence-electron chi connectivity index (χ0n) is 8.24. The fraction of sp³-hybridized carbons (Fsp3) is 0.750. The predicted octanol–water partition coefficient (Wildman–Crippen LogP) is -1.36. The van der Waals surface area contributed by atoms with Crippen molar-refractivity contribution in [2.45, 2.75) is 18.9 Å². The Kier molecular flexibility index (Phi) is 3.27. The van der Waals surface area contributed by atoms with Gasteiger partial charge in [0.25, 0.3) is 0 Å². The second-order valence-corrected chi connectivity index (χ2v) is 3.29. The summed E-state index contributed by atoms with van der Waals surface area (Å²) in [5.41, 5.74) is 6.06. The summed E-state index contributed by atoms with van der Waals surface area (Å²) in [6.07, 6.45) is 1.14. The molecule has 2 unspecified atom stereocenters. The van der Waals surface area contributed by atoms with E-state index >= 15 is 0 Å². The molecule has 3 N–H and O–H groups in total. The van der Waals surface area contributed by atoms with Crippen LogP contribution in [0.2, 0.25) is 0 Å². The average molecular weight is 214 g/mol. The van der Waals surface area contributed by atoms with Gasteiger partial charge in [-0.15, -0.1) is 5.10 Å². The maximum atomic E-state index is 8.71. The molecule has 1 aliphatic heterocycles. The first-order valence-corrected chi connectivity index (χ1v) is 4.81. The molecule has 1 fully saturated rings. The van der Waals surface area contributed by atoms with E-state index in [2.05, 4.69) is 10.3 Å². The Morgan fingerprint density at radius 3 is 3.20 bits per heavy atom. The smallest absolute Gasteiger partial charge is 0.205 e. The lowest BCUT2D eigenvalue weighted by Gasteiger charge is -2.06. The van der Waals surface area contributed by atoms with Gasteiger partial charge in [0, 0.05) is 6.54 Å². The van der Waals surface area contributed by atoms with Crippen molar-refractivity contribution in [2.75, 3.05) is 19.8 Å². The number of hydrogen-bond donors (Lipinski definition) is 2. The highest BCUT2D eigenvalue weighted by Crippen LogP contribution is 2.24. The fourth-order valence-electron chi connectivity index (χ4n) is 1.36. The predicted molar refractivity (Wildman–Crippen MR) is 49.7 cm³/mol. The Labute approximate surface area is 86.8 Å². The van der Waals surface area contributed by atoms with E-state index in [1.54, 1.807) is 6.20 Å². The van der Waals surface area contributed by atoms with Gasteiger partial charge in [-0.3, -0.25) is 0 Å². The summed E-state index contributed by atoms with van der Waals surface area (Å²) >= 11 is 0. The largest absolute Gasteiger partial charge is 0.394 e. The molecule has 15 heavy (non-hydrogen) atoms. The molecule has 1 saturated heterocycles. The zero-order valence-corrected chi connectivity index (χ0v) is 8.24. The molecule has 1 aromatic heterocycles. The summed E-state index contributed by atoms with van der Waals surface area (Å²) in [7, 11) is 0. The van der Waals surface area contributed by atoms with Gasteiger partial charge in [0.15, 0.2) is 0 Å². The van der Waals surface area contributed by atoms with E-state index in [-0.39, 0.29) is 12.7 Å². The van der Waals surface area contributed by atoms with Gasteiger partial charge in [0.05, 0.1) is 32.1 Å². The molecule has 2 atom stereocenters. The van der Waals surface area contributed by atoms with Crippen molar-refractivity contribution >= 4 is 0 Å². The quantitative estimate of drug-likeness (QED) is 0.643. The van der Waals surface area contributed by atoms with Gasteiger partial charge >= 0.3 is 0 Å². The lowest BCUT2D eigenvalue weighted by molar-refractivity contribution is -0.0616. The molecular weight excluding hydrogens is 200 g/mol. The molecule has 0 bridgehead atoms. The van der Waals surface area contributed by atoms with Crippen LogP contribution in [-0.2, 0) is 16.0 Å². The van der Waals surface area contributed by atoms with Crippen LogP contribution in [0.3, 0.4) is 0 Å². The molecule has 0 spiro atoms. The highest BCUT2D eigenvalue weighted by Gasteiger charge is 2.28. The minimum absolute atomic E-state index is 0.0284. The normalized spacial score (nSPS) is 26.0. The molecule has 1 aliphatic rings. The molecule has 0 aromatic carbocycles. The average Bonchev–Trinajstić information content (AvgIpc) is 2.85. The van der Waals surface area contributed by atoms with Crippen LogP contribution in [0.1, 0.15) is 12.0 Å². The highest BCUT2D eigenvalue weighted by atomic mass is 16.7. The Morgan fingerprint density at radius 2 is 2.53 bits per heavy atom. The lowest BCUT2D eigenvalue weighted by Crippen LogP contribution is -2.21. The number of ether oxygens (including phenoxy) is 2. The monoisotopic (exact) mass is 214 g/mol. The topological polar surface area (TPSA) is 95.4 Å². The van der Waals surface area contributed by atoms with Gasteiger partial charge < -0.3 is 20.3 Å². The minimum Gasteiger partial charge on any atom is -0.394 e. The van der Waals surface area contributed by atoms with Crippen LogP contribution in [0, 0.1) is 0 Å². The molecule has 84 valence electrons. The summed E-state index contributed by atoms with van der Waals surface area (Å²) in [4.78, 5) is 0. The summed E-state index contributed by atoms with van der Waals surface area (Å²) < 4.78 is 12.4. The van der Waals surface area contributed by atoms with Crippen molar-refractivity contribution in [3.05, 3.63) is 11.9 Å². The van der Waals surface area contributed by atoms with Gasteiger partial charge in [-0.25, -0.2) is 4.68 Å². The minimum atomic E-state index is -0.481. The molecular formula is C8H14N4O3. The van der Waals surface area contributed by atoms with Gasteiger partial charge in [-0.2, -0.15) is 0 Å².